The molecule has 18 heavy (non-hydrogen) atoms. The Labute approximate surface area is 106 Å². The van der Waals surface area contributed by atoms with Crippen molar-refractivity contribution in [3.63, 3.8) is 0 Å². The van der Waals surface area contributed by atoms with E-state index in [0.29, 0.717) is 13.2 Å². The van der Waals surface area contributed by atoms with Crippen LogP contribution in [-0.2, 0) is 17.8 Å². The minimum Gasteiger partial charge on any atom is -0.383 e. The molecule has 0 spiro atoms. The lowest BCUT2D eigenvalue weighted by atomic mass is 10.3. The van der Waals surface area contributed by atoms with E-state index in [1.54, 1.807) is 19.6 Å². The molecule has 0 aliphatic carbocycles. The first-order chi connectivity index (χ1) is 8.90. The molecule has 0 fully saturated rings. The largest absolute Gasteiger partial charge is 0.383 e. The van der Waals surface area contributed by atoms with Gasteiger partial charge in [-0.3, -0.25) is 0 Å². The molecule has 6 heteroatoms. The summed E-state index contributed by atoms with van der Waals surface area (Å²) in [6, 6.07) is 1.90. The molecule has 0 radical (unpaired) electrons. The number of imidazole rings is 1. The highest BCUT2D eigenvalue weighted by Crippen LogP contribution is 2.03. The molecular formula is C12H17N5O. The average molecular weight is 247 g/mol. The molecule has 0 aliphatic heterocycles. The molecular weight excluding hydrogens is 230 g/mol. The Morgan fingerprint density at radius 1 is 1.39 bits per heavy atom. The van der Waals surface area contributed by atoms with Gasteiger partial charge in [0.05, 0.1) is 30.9 Å². The van der Waals surface area contributed by atoms with E-state index in [4.69, 9.17) is 4.74 Å². The van der Waals surface area contributed by atoms with Crippen LogP contribution in [0.25, 0.3) is 0 Å². The zero-order valence-electron chi connectivity index (χ0n) is 10.4. The van der Waals surface area contributed by atoms with Gasteiger partial charge in [-0.15, -0.1) is 0 Å². The quantitative estimate of drug-likeness (QED) is 0.720. The molecule has 0 amide bonds. The van der Waals surface area contributed by atoms with Crippen LogP contribution in [0.2, 0.25) is 0 Å². The normalized spacial score (nSPS) is 10.7. The lowest BCUT2D eigenvalue weighted by Crippen LogP contribution is -2.20. The van der Waals surface area contributed by atoms with Gasteiger partial charge in [-0.05, 0) is 6.07 Å². The highest BCUT2D eigenvalue weighted by molar-refractivity contribution is 5.04. The van der Waals surface area contributed by atoms with Crippen LogP contribution in [0, 0.1) is 0 Å². The fourth-order valence-corrected chi connectivity index (χ4v) is 1.61. The highest BCUT2D eigenvalue weighted by atomic mass is 16.5. The van der Waals surface area contributed by atoms with Crippen molar-refractivity contribution in [2.24, 2.45) is 0 Å². The first-order valence-corrected chi connectivity index (χ1v) is 5.83. The number of hydrogen-bond acceptors (Lipinski definition) is 5. The van der Waals surface area contributed by atoms with Gasteiger partial charge in [0.1, 0.15) is 6.33 Å². The number of aromatic nitrogens is 4. The maximum Gasteiger partial charge on any atom is 0.115 e. The Bertz CT molecular complexity index is 457. The summed E-state index contributed by atoms with van der Waals surface area (Å²) in [4.78, 5) is 12.3. The molecule has 6 nitrogen and oxygen atoms in total. The van der Waals surface area contributed by atoms with Crippen LogP contribution in [0.4, 0.5) is 0 Å². The van der Waals surface area contributed by atoms with Crippen molar-refractivity contribution >= 4 is 0 Å². The Morgan fingerprint density at radius 3 is 3.11 bits per heavy atom. The van der Waals surface area contributed by atoms with Gasteiger partial charge in [-0.1, -0.05) is 0 Å². The SMILES string of the molecule is COCCNCc1cncn1Cc1ccncn1. The molecule has 0 atom stereocenters. The smallest absolute Gasteiger partial charge is 0.115 e. The van der Waals surface area contributed by atoms with E-state index >= 15 is 0 Å². The number of hydrogen-bond donors (Lipinski definition) is 1. The Hall–Kier alpha value is -1.79. The second kappa shape index (κ2) is 6.83. The van der Waals surface area contributed by atoms with E-state index in [9.17, 15) is 0 Å². The summed E-state index contributed by atoms with van der Waals surface area (Å²) in [7, 11) is 1.70. The van der Waals surface area contributed by atoms with Crippen molar-refractivity contribution in [2.75, 3.05) is 20.3 Å². The second-order valence-electron chi connectivity index (χ2n) is 3.88. The first kappa shape index (κ1) is 12.7. The molecule has 2 aromatic rings. The van der Waals surface area contributed by atoms with Gasteiger partial charge in [-0.2, -0.15) is 0 Å². The molecule has 1 N–H and O–H groups in total. The van der Waals surface area contributed by atoms with Crippen molar-refractivity contribution in [3.8, 4) is 0 Å². The zero-order valence-corrected chi connectivity index (χ0v) is 10.4. The Kier molecular flexibility index (Phi) is 4.80. The van der Waals surface area contributed by atoms with Gasteiger partial charge >= 0.3 is 0 Å². The van der Waals surface area contributed by atoms with Crippen molar-refractivity contribution in [1.82, 2.24) is 24.8 Å². The topological polar surface area (TPSA) is 64.9 Å². The van der Waals surface area contributed by atoms with E-state index in [0.717, 1.165) is 24.5 Å². The predicted molar refractivity (Wildman–Crippen MR) is 66.9 cm³/mol. The molecule has 2 heterocycles. The minimum absolute atomic E-state index is 0.708. The van der Waals surface area contributed by atoms with Crippen LogP contribution in [0.15, 0.2) is 31.1 Å². The molecule has 2 aromatic heterocycles. The van der Waals surface area contributed by atoms with E-state index < -0.39 is 0 Å². The Balaban J connectivity index is 1.91. The predicted octanol–water partition coefficient (Wildman–Crippen LogP) is 0.457. The van der Waals surface area contributed by atoms with Crippen LogP contribution in [0.3, 0.4) is 0 Å². The first-order valence-electron chi connectivity index (χ1n) is 5.83. The maximum absolute atomic E-state index is 4.99. The highest BCUT2D eigenvalue weighted by Gasteiger charge is 2.03. The monoisotopic (exact) mass is 247 g/mol. The summed E-state index contributed by atoms with van der Waals surface area (Å²) >= 11 is 0. The minimum atomic E-state index is 0.708. The molecule has 0 saturated carbocycles. The third kappa shape index (κ3) is 3.61. The number of ether oxygens (including phenoxy) is 1. The zero-order chi connectivity index (χ0) is 12.6. The van der Waals surface area contributed by atoms with E-state index in [1.807, 2.05) is 18.6 Å². The number of nitrogens with one attached hydrogen (secondary N) is 1. The third-order valence-electron chi connectivity index (χ3n) is 2.56. The van der Waals surface area contributed by atoms with Gasteiger partial charge in [-0.25, -0.2) is 15.0 Å². The van der Waals surface area contributed by atoms with E-state index in [2.05, 4.69) is 24.8 Å². The Morgan fingerprint density at radius 2 is 2.33 bits per heavy atom. The van der Waals surface area contributed by atoms with Crippen molar-refractivity contribution in [3.05, 3.63) is 42.5 Å². The second-order valence-corrected chi connectivity index (χ2v) is 3.88. The average Bonchev–Trinajstić information content (AvgIpc) is 2.83. The molecule has 0 aliphatic rings. The van der Waals surface area contributed by atoms with Gasteiger partial charge in [0.15, 0.2) is 0 Å². The molecule has 96 valence electrons. The molecule has 0 bridgehead atoms. The van der Waals surface area contributed by atoms with Gasteiger partial charge < -0.3 is 14.6 Å². The van der Waals surface area contributed by atoms with Crippen LogP contribution < -0.4 is 5.32 Å². The van der Waals surface area contributed by atoms with Gasteiger partial charge in [0.2, 0.25) is 0 Å². The standard InChI is InChI=1S/C12H17N5O/c1-18-5-4-13-6-12-7-15-10-17(12)8-11-2-3-14-9-16-11/h2-3,7,9-10,13H,4-6,8H2,1H3. The summed E-state index contributed by atoms with van der Waals surface area (Å²) in [5, 5.41) is 3.30. The van der Waals surface area contributed by atoms with Crippen LogP contribution in [0.1, 0.15) is 11.4 Å². The fraction of sp³-hybridized carbons (Fsp3) is 0.417. The summed E-state index contributed by atoms with van der Waals surface area (Å²) in [5.41, 5.74) is 2.10. The molecule has 0 aromatic carbocycles. The summed E-state index contributed by atoms with van der Waals surface area (Å²) < 4.78 is 7.06. The summed E-state index contributed by atoms with van der Waals surface area (Å²) in [5.74, 6) is 0. The van der Waals surface area contributed by atoms with Crippen molar-refractivity contribution in [1.29, 1.82) is 0 Å². The number of nitrogens with zero attached hydrogens (tertiary/aromatic N) is 4. The number of rotatable bonds is 7. The molecule has 0 saturated heterocycles. The maximum atomic E-state index is 4.99. The van der Waals surface area contributed by atoms with Crippen LogP contribution in [0.5, 0.6) is 0 Å². The van der Waals surface area contributed by atoms with Crippen LogP contribution in [-0.4, -0.2) is 39.8 Å². The summed E-state index contributed by atoms with van der Waals surface area (Å²) in [6.07, 6.45) is 6.98. The fourth-order valence-electron chi connectivity index (χ4n) is 1.61. The van der Waals surface area contributed by atoms with Gasteiger partial charge in [0, 0.05) is 32.6 Å². The van der Waals surface area contributed by atoms with Crippen molar-refractivity contribution < 1.29 is 4.74 Å². The summed E-state index contributed by atoms with van der Waals surface area (Å²) in [6.45, 7) is 3.02. The van der Waals surface area contributed by atoms with Crippen molar-refractivity contribution in [2.45, 2.75) is 13.1 Å². The molecule has 2 rings (SSSR count). The lowest BCUT2D eigenvalue weighted by molar-refractivity contribution is 0.199. The van der Waals surface area contributed by atoms with Gasteiger partial charge in [0.25, 0.3) is 0 Å². The van der Waals surface area contributed by atoms with E-state index in [1.165, 1.54) is 0 Å². The van der Waals surface area contributed by atoms with E-state index in [-0.39, 0.29) is 0 Å². The lowest BCUT2D eigenvalue weighted by Gasteiger charge is -2.08. The number of methoxy groups -OCH3 is 1. The third-order valence-corrected chi connectivity index (χ3v) is 2.56. The molecule has 0 unspecified atom stereocenters. The van der Waals surface area contributed by atoms with Crippen LogP contribution >= 0.6 is 0 Å².